The molecule has 0 saturated carbocycles. The summed E-state index contributed by atoms with van der Waals surface area (Å²) in [7, 11) is 4.52. The van der Waals surface area contributed by atoms with Crippen molar-refractivity contribution in [1.82, 2.24) is 0 Å². The van der Waals surface area contributed by atoms with Crippen molar-refractivity contribution in [2.24, 2.45) is 0 Å². The molecule has 7 nitrogen and oxygen atoms in total. The van der Waals surface area contributed by atoms with E-state index < -0.39 is 12.6 Å². The van der Waals surface area contributed by atoms with Gasteiger partial charge >= 0.3 is 0 Å². The molecule has 0 aromatic heterocycles. The monoisotopic (exact) mass is 371 g/mol. The van der Waals surface area contributed by atoms with Crippen molar-refractivity contribution in [2.45, 2.75) is 0 Å². The Morgan fingerprint density at radius 1 is 1.00 bits per heavy atom. The van der Waals surface area contributed by atoms with Gasteiger partial charge in [-0.15, -0.1) is 0 Å². The molecule has 142 valence electrons. The number of rotatable bonds is 9. The summed E-state index contributed by atoms with van der Waals surface area (Å²) in [6, 6.07) is 9.65. The van der Waals surface area contributed by atoms with Crippen molar-refractivity contribution in [3.05, 3.63) is 53.6 Å². The number of aliphatic carboxylic acids is 1. The minimum Gasteiger partial charge on any atom is -0.546 e. The predicted molar refractivity (Wildman–Crippen MR) is 96.4 cm³/mol. The van der Waals surface area contributed by atoms with Crippen LogP contribution in [0.2, 0.25) is 0 Å². The average molecular weight is 371 g/mol. The molecule has 0 fully saturated rings. The molecular weight excluding hydrogens is 352 g/mol. The zero-order chi connectivity index (χ0) is 19.8. The number of carbonyl (C=O) groups excluding carboxylic acids is 2. The topological polar surface area (TPSA) is 94.1 Å². The van der Waals surface area contributed by atoms with Crippen LogP contribution in [-0.4, -0.2) is 39.7 Å². The first-order valence-electron chi connectivity index (χ1n) is 7.93. The zero-order valence-corrected chi connectivity index (χ0v) is 15.2. The van der Waals surface area contributed by atoms with Crippen LogP contribution < -0.4 is 24.1 Å². The number of ether oxygens (including phenoxy) is 4. The SMILES string of the molecule is COc1cc(/C=C/C(=O)c2cccc(OCC(=O)[O-])c2)cc(OC)c1OC. The molecule has 0 N–H and O–H groups in total. The highest BCUT2D eigenvalue weighted by Gasteiger charge is 2.12. The van der Waals surface area contributed by atoms with Crippen LogP contribution in [0.4, 0.5) is 0 Å². The van der Waals surface area contributed by atoms with Crippen LogP contribution in [0.1, 0.15) is 15.9 Å². The van der Waals surface area contributed by atoms with Gasteiger partial charge in [-0.1, -0.05) is 18.2 Å². The maximum Gasteiger partial charge on any atom is 0.203 e. The second-order valence-electron chi connectivity index (χ2n) is 5.34. The van der Waals surface area contributed by atoms with E-state index in [0.29, 0.717) is 28.4 Å². The Bertz CT molecular complexity index is 830. The molecule has 0 aliphatic carbocycles. The zero-order valence-electron chi connectivity index (χ0n) is 15.2. The molecule has 0 bridgehead atoms. The summed E-state index contributed by atoms with van der Waals surface area (Å²) in [5, 5.41) is 10.5. The number of carboxylic acids is 1. The van der Waals surface area contributed by atoms with E-state index in [-0.39, 0.29) is 11.5 Å². The van der Waals surface area contributed by atoms with Crippen LogP contribution in [0.3, 0.4) is 0 Å². The number of ketones is 1. The van der Waals surface area contributed by atoms with Gasteiger partial charge in [0.2, 0.25) is 5.75 Å². The van der Waals surface area contributed by atoms with Crippen LogP contribution >= 0.6 is 0 Å². The van der Waals surface area contributed by atoms with Crippen molar-refractivity contribution >= 4 is 17.8 Å². The smallest absolute Gasteiger partial charge is 0.203 e. The largest absolute Gasteiger partial charge is 0.546 e. The van der Waals surface area contributed by atoms with E-state index in [4.69, 9.17) is 18.9 Å². The highest BCUT2D eigenvalue weighted by atomic mass is 16.5. The lowest BCUT2D eigenvalue weighted by Gasteiger charge is -2.12. The Balaban J connectivity index is 2.21. The van der Waals surface area contributed by atoms with Gasteiger partial charge in [-0.05, 0) is 35.9 Å². The van der Waals surface area contributed by atoms with Gasteiger partial charge in [-0.3, -0.25) is 4.79 Å². The summed E-state index contributed by atoms with van der Waals surface area (Å²) in [4.78, 5) is 22.8. The van der Waals surface area contributed by atoms with Gasteiger partial charge in [-0.25, -0.2) is 0 Å². The number of carbonyl (C=O) groups is 2. The molecule has 2 aromatic carbocycles. The molecule has 0 aliphatic heterocycles. The number of benzene rings is 2. The van der Waals surface area contributed by atoms with Gasteiger partial charge in [-0.2, -0.15) is 0 Å². The summed E-state index contributed by atoms with van der Waals surface area (Å²) in [6.45, 7) is -0.584. The van der Waals surface area contributed by atoms with Gasteiger partial charge in [0.25, 0.3) is 0 Å². The van der Waals surface area contributed by atoms with Crippen molar-refractivity contribution in [3.63, 3.8) is 0 Å². The molecule has 2 aromatic rings. The molecule has 27 heavy (non-hydrogen) atoms. The fourth-order valence-electron chi connectivity index (χ4n) is 2.35. The molecule has 2 rings (SSSR count). The second kappa shape index (κ2) is 9.28. The Morgan fingerprint density at radius 2 is 1.67 bits per heavy atom. The van der Waals surface area contributed by atoms with Crippen LogP contribution in [0.25, 0.3) is 6.08 Å². The standard InChI is InChI=1S/C20H20O7/c1-24-17-9-13(10-18(25-2)20(17)26-3)7-8-16(21)14-5-4-6-15(11-14)27-12-19(22)23/h4-11H,12H2,1-3H3,(H,22,23)/p-1/b8-7+. The fourth-order valence-corrected chi connectivity index (χ4v) is 2.35. The number of hydrogen-bond donors (Lipinski definition) is 0. The molecule has 7 heteroatoms. The predicted octanol–water partition coefficient (Wildman–Crippen LogP) is 1.74. The molecule has 0 heterocycles. The highest BCUT2D eigenvalue weighted by molar-refractivity contribution is 6.07. The lowest BCUT2D eigenvalue weighted by atomic mass is 10.1. The van der Waals surface area contributed by atoms with E-state index in [0.717, 1.165) is 0 Å². The minimum atomic E-state index is -1.34. The molecule has 0 spiro atoms. The summed E-state index contributed by atoms with van der Waals surface area (Å²) < 4.78 is 20.8. The third-order valence-electron chi connectivity index (χ3n) is 3.59. The second-order valence-corrected chi connectivity index (χ2v) is 5.34. The van der Waals surface area contributed by atoms with Crippen molar-refractivity contribution in [1.29, 1.82) is 0 Å². The van der Waals surface area contributed by atoms with E-state index in [1.165, 1.54) is 33.5 Å². The van der Waals surface area contributed by atoms with Gasteiger partial charge in [0.1, 0.15) is 12.4 Å². The summed E-state index contributed by atoms with van der Waals surface area (Å²) >= 11 is 0. The van der Waals surface area contributed by atoms with Crippen molar-refractivity contribution in [3.8, 4) is 23.0 Å². The molecule has 0 unspecified atom stereocenters. The number of methoxy groups -OCH3 is 3. The fraction of sp³-hybridized carbons (Fsp3) is 0.200. The minimum absolute atomic E-state index is 0.270. The third kappa shape index (κ3) is 5.24. The third-order valence-corrected chi connectivity index (χ3v) is 3.59. The maximum absolute atomic E-state index is 12.4. The lowest BCUT2D eigenvalue weighted by Crippen LogP contribution is -2.28. The van der Waals surface area contributed by atoms with Crippen molar-refractivity contribution in [2.75, 3.05) is 27.9 Å². The molecular formula is C20H19O7-. The first-order valence-corrected chi connectivity index (χ1v) is 7.93. The van der Waals surface area contributed by atoms with E-state index in [9.17, 15) is 14.7 Å². The Hall–Kier alpha value is -3.48. The molecule has 0 aliphatic rings. The Morgan fingerprint density at radius 3 is 2.22 bits per heavy atom. The maximum atomic E-state index is 12.4. The Labute approximate surface area is 156 Å². The lowest BCUT2D eigenvalue weighted by molar-refractivity contribution is -0.307. The molecule has 0 amide bonds. The quantitative estimate of drug-likeness (QED) is 0.489. The Kier molecular flexibility index (Phi) is 6.82. The summed E-state index contributed by atoms with van der Waals surface area (Å²) in [6.07, 6.45) is 3.00. The number of hydrogen-bond acceptors (Lipinski definition) is 7. The average Bonchev–Trinajstić information content (AvgIpc) is 2.69. The number of carboxylic acid groups (broad SMARTS) is 1. The number of allylic oxidation sites excluding steroid dienone is 1. The highest BCUT2D eigenvalue weighted by Crippen LogP contribution is 2.38. The molecule has 0 saturated heterocycles. The summed E-state index contributed by atoms with van der Waals surface area (Å²) in [5.41, 5.74) is 1.04. The van der Waals surface area contributed by atoms with Gasteiger partial charge in [0.05, 0.1) is 27.3 Å². The van der Waals surface area contributed by atoms with Crippen LogP contribution in [0.5, 0.6) is 23.0 Å². The first-order chi connectivity index (χ1) is 13.0. The van der Waals surface area contributed by atoms with Crippen LogP contribution in [0, 0.1) is 0 Å². The van der Waals surface area contributed by atoms with E-state index >= 15 is 0 Å². The van der Waals surface area contributed by atoms with Crippen molar-refractivity contribution < 1.29 is 33.6 Å². The van der Waals surface area contributed by atoms with Crippen LogP contribution in [0.15, 0.2) is 42.5 Å². The van der Waals surface area contributed by atoms with Crippen LogP contribution in [-0.2, 0) is 4.79 Å². The molecule has 0 radical (unpaired) electrons. The normalized spacial score (nSPS) is 10.5. The molecule has 0 atom stereocenters. The van der Waals surface area contributed by atoms with Gasteiger partial charge in [0, 0.05) is 5.56 Å². The van der Waals surface area contributed by atoms with Gasteiger partial charge < -0.3 is 28.8 Å². The van der Waals surface area contributed by atoms with E-state index in [2.05, 4.69) is 0 Å². The first kappa shape index (κ1) is 19.8. The van der Waals surface area contributed by atoms with E-state index in [1.807, 2.05) is 0 Å². The van der Waals surface area contributed by atoms with Gasteiger partial charge in [0.15, 0.2) is 17.3 Å². The summed E-state index contributed by atoms with van der Waals surface area (Å²) in [5.74, 6) is 0.0624. The van der Waals surface area contributed by atoms with E-state index in [1.54, 1.807) is 36.4 Å².